The van der Waals surface area contributed by atoms with Crippen molar-refractivity contribution in [2.24, 2.45) is 0 Å². The molecule has 1 aliphatic heterocycles. The first-order valence-corrected chi connectivity index (χ1v) is 7.40. The van der Waals surface area contributed by atoms with Crippen molar-refractivity contribution in [2.75, 3.05) is 12.3 Å². The summed E-state index contributed by atoms with van der Waals surface area (Å²) in [5, 5.41) is 40.1. The summed E-state index contributed by atoms with van der Waals surface area (Å²) in [7, 11) is 0. The van der Waals surface area contributed by atoms with Crippen LogP contribution in [0, 0.1) is 0 Å². The van der Waals surface area contributed by atoms with E-state index in [0.717, 1.165) is 0 Å². The zero-order valence-corrected chi connectivity index (χ0v) is 12.7. The van der Waals surface area contributed by atoms with Crippen LogP contribution in [0.4, 0.5) is 5.95 Å². The van der Waals surface area contributed by atoms with Crippen molar-refractivity contribution in [3.63, 3.8) is 0 Å². The van der Waals surface area contributed by atoms with Crippen molar-refractivity contribution in [3.05, 3.63) is 17.4 Å². The molecule has 5 atom stereocenters. The van der Waals surface area contributed by atoms with Crippen LogP contribution in [0.1, 0.15) is 12.6 Å². The Labute approximate surface area is 135 Å². The summed E-state index contributed by atoms with van der Waals surface area (Å²) >= 11 is 6.02. The molecular formula is C13H17ClN4O5. The third kappa shape index (κ3) is 2.87. The maximum atomic E-state index is 10.3. The number of nitrogens with two attached hydrogens (primary N) is 1. The number of nitrogens with zero attached hydrogens (tertiary/aromatic N) is 3. The number of hydrogen-bond acceptors (Lipinski definition) is 8. The van der Waals surface area contributed by atoms with Crippen LogP contribution in [0.15, 0.2) is 12.3 Å². The number of aliphatic hydroxyl groups is 4. The fourth-order valence-corrected chi connectivity index (χ4v) is 2.96. The topological polar surface area (TPSA) is 147 Å². The van der Waals surface area contributed by atoms with E-state index in [2.05, 4.69) is 9.97 Å². The highest BCUT2D eigenvalue weighted by Gasteiger charge is 2.39. The van der Waals surface area contributed by atoms with E-state index < -0.39 is 37.3 Å². The predicted molar refractivity (Wildman–Crippen MR) is 80.6 cm³/mol. The monoisotopic (exact) mass is 344 g/mol. The van der Waals surface area contributed by atoms with Gasteiger partial charge in [-0.2, -0.15) is 4.98 Å². The molecule has 10 heteroatoms. The normalized spacial score (nSPS) is 32.1. The van der Waals surface area contributed by atoms with Gasteiger partial charge in [-0.1, -0.05) is 11.6 Å². The summed E-state index contributed by atoms with van der Waals surface area (Å²) in [4.78, 5) is 7.94. The van der Waals surface area contributed by atoms with Gasteiger partial charge in [0.15, 0.2) is 6.23 Å². The van der Waals surface area contributed by atoms with Crippen LogP contribution in [0.25, 0.3) is 11.0 Å². The molecule has 1 aliphatic rings. The first-order chi connectivity index (χ1) is 10.9. The molecule has 0 bridgehead atoms. The number of aliphatic hydroxyl groups excluding tert-OH is 4. The molecule has 1 fully saturated rings. The zero-order valence-electron chi connectivity index (χ0n) is 11.9. The van der Waals surface area contributed by atoms with E-state index in [1.807, 2.05) is 0 Å². The van der Waals surface area contributed by atoms with Gasteiger partial charge < -0.3 is 35.5 Å². The summed E-state index contributed by atoms with van der Waals surface area (Å²) in [5.74, 6) is -0.0376. The van der Waals surface area contributed by atoms with Gasteiger partial charge in [0.1, 0.15) is 29.1 Å². The summed E-state index contributed by atoms with van der Waals surface area (Å²) < 4.78 is 7.08. The van der Waals surface area contributed by atoms with Crippen LogP contribution >= 0.6 is 11.6 Å². The van der Waals surface area contributed by atoms with Crippen molar-refractivity contribution < 1.29 is 25.2 Å². The minimum atomic E-state index is -1.32. The third-order valence-electron chi connectivity index (χ3n) is 3.90. The van der Waals surface area contributed by atoms with E-state index in [1.54, 1.807) is 12.3 Å². The second kappa shape index (κ2) is 6.19. The Hall–Kier alpha value is -1.49. The molecule has 0 saturated carbocycles. The van der Waals surface area contributed by atoms with Gasteiger partial charge in [0.2, 0.25) is 5.95 Å². The van der Waals surface area contributed by atoms with Gasteiger partial charge in [-0.25, -0.2) is 4.98 Å². The molecule has 3 heterocycles. The van der Waals surface area contributed by atoms with Gasteiger partial charge in [-0.3, -0.25) is 0 Å². The number of anilines is 1. The van der Waals surface area contributed by atoms with Gasteiger partial charge >= 0.3 is 0 Å². The Balaban J connectivity index is 2.06. The minimum Gasteiger partial charge on any atom is -0.394 e. The molecule has 2 aromatic rings. The van der Waals surface area contributed by atoms with Crippen LogP contribution in [-0.4, -0.2) is 66.0 Å². The Morgan fingerprint density at radius 1 is 1.30 bits per heavy atom. The summed E-state index contributed by atoms with van der Waals surface area (Å²) in [5.41, 5.74) is 5.94. The van der Waals surface area contributed by atoms with E-state index in [9.17, 15) is 20.4 Å². The number of halogens is 1. The average molecular weight is 345 g/mol. The number of aromatic nitrogens is 3. The second-order valence-electron chi connectivity index (χ2n) is 5.44. The van der Waals surface area contributed by atoms with E-state index >= 15 is 0 Å². The number of rotatable bonds is 2. The molecule has 126 valence electrons. The van der Waals surface area contributed by atoms with E-state index in [-0.39, 0.29) is 17.5 Å². The van der Waals surface area contributed by atoms with Gasteiger partial charge in [0, 0.05) is 12.6 Å². The smallest absolute Gasteiger partial charge is 0.223 e. The van der Waals surface area contributed by atoms with Crippen molar-refractivity contribution in [1.29, 1.82) is 0 Å². The highest BCUT2D eigenvalue weighted by atomic mass is 35.5. The van der Waals surface area contributed by atoms with Crippen molar-refractivity contribution in [3.8, 4) is 0 Å². The van der Waals surface area contributed by atoms with Gasteiger partial charge in [-0.15, -0.1) is 0 Å². The van der Waals surface area contributed by atoms with Crippen molar-refractivity contribution in [1.82, 2.24) is 14.5 Å². The van der Waals surface area contributed by atoms with Crippen LogP contribution in [0.3, 0.4) is 0 Å². The van der Waals surface area contributed by atoms with Gasteiger partial charge in [0.05, 0.1) is 18.1 Å². The molecule has 0 radical (unpaired) electrons. The molecule has 6 N–H and O–H groups in total. The van der Waals surface area contributed by atoms with Crippen LogP contribution in [0.5, 0.6) is 0 Å². The lowest BCUT2D eigenvalue weighted by Gasteiger charge is -2.26. The minimum absolute atomic E-state index is 0.0376. The number of hydrogen-bond donors (Lipinski definition) is 5. The van der Waals surface area contributed by atoms with E-state index in [0.29, 0.717) is 11.0 Å². The second-order valence-corrected chi connectivity index (χ2v) is 5.80. The summed E-state index contributed by atoms with van der Waals surface area (Å²) in [6.07, 6.45) is -4.27. The highest BCUT2D eigenvalue weighted by Crippen LogP contribution is 2.31. The Morgan fingerprint density at radius 2 is 2.04 bits per heavy atom. The quantitative estimate of drug-likeness (QED) is 0.437. The standard InChI is InChI=1S/C13H17ClN4O5/c14-10-5-1-2-18(11(5)17-13(15)16-10)12-7(21)3-6(20)9(22)8(4-19)23-12/h1-2,6-9,12,19-22H,3-4H2,(H2,15,16,17)/t6-,7-,8-,9+,12-/m1/s1. The Bertz CT molecular complexity index is 711. The maximum absolute atomic E-state index is 10.3. The van der Waals surface area contributed by atoms with Crippen molar-refractivity contribution in [2.45, 2.75) is 37.1 Å². The molecule has 2 aromatic heterocycles. The SMILES string of the molecule is Nc1nc(Cl)c2ccn([C@@H]3O[C@H](CO)[C@@H](O)[C@H](O)C[C@H]3O)c2n1. The number of ether oxygens (including phenoxy) is 1. The average Bonchev–Trinajstić information content (AvgIpc) is 2.87. The molecule has 3 rings (SSSR count). The molecule has 1 saturated heterocycles. The molecule has 0 aromatic carbocycles. The lowest BCUT2D eigenvalue weighted by Crippen LogP contribution is -2.39. The van der Waals surface area contributed by atoms with Crippen LogP contribution < -0.4 is 5.73 Å². The summed E-state index contributed by atoms with van der Waals surface area (Å²) in [6.45, 7) is -0.515. The Kier molecular flexibility index (Phi) is 4.41. The molecule has 0 unspecified atom stereocenters. The predicted octanol–water partition coefficient (Wildman–Crippen LogP) is -0.971. The lowest BCUT2D eigenvalue weighted by molar-refractivity contribution is -0.146. The largest absolute Gasteiger partial charge is 0.394 e. The van der Waals surface area contributed by atoms with Crippen LogP contribution in [0.2, 0.25) is 5.15 Å². The van der Waals surface area contributed by atoms with Crippen LogP contribution in [-0.2, 0) is 4.74 Å². The molecule has 0 aliphatic carbocycles. The number of fused-ring (bicyclic) bond motifs is 1. The highest BCUT2D eigenvalue weighted by molar-refractivity contribution is 6.34. The van der Waals surface area contributed by atoms with Gasteiger partial charge in [0.25, 0.3) is 0 Å². The lowest BCUT2D eigenvalue weighted by atomic mass is 10.0. The summed E-state index contributed by atoms with van der Waals surface area (Å²) in [6, 6.07) is 1.64. The third-order valence-corrected chi connectivity index (χ3v) is 4.19. The Morgan fingerprint density at radius 3 is 2.74 bits per heavy atom. The molecule has 9 nitrogen and oxygen atoms in total. The van der Waals surface area contributed by atoms with E-state index in [4.69, 9.17) is 22.1 Å². The fraction of sp³-hybridized carbons (Fsp3) is 0.538. The molecule has 0 amide bonds. The fourth-order valence-electron chi connectivity index (χ4n) is 2.72. The van der Waals surface area contributed by atoms with Crippen molar-refractivity contribution >= 4 is 28.6 Å². The molecular weight excluding hydrogens is 328 g/mol. The van der Waals surface area contributed by atoms with E-state index in [1.165, 1.54) is 4.57 Å². The molecule has 0 spiro atoms. The first-order valence-electron chi connectivity index (χ1n) is 7.02. The molecule has 23 heavy (non-hydrogen) atoms. The zero-order chi connectivity index (χ0) is 16.7. The maximum Gasteiger partial charge on any atom is 0.223 e. The van der Waals surface area contributed by atoms with Gasteiger partial charge in [-0.05, 0) is 6.07 Å². The first kappa shape index (κ1) is 16.4. The number of nitrogen functional groups attached to an aromatic ring is 1.